The lowest BCUT2D eigenvalue weighted by atomic mass is 9.99. The number of rotatable bonds is 7. The van der Waals surface area contributed by atoms with Gasteiger partial charge in [0.25, 0.3) is 5.91 Å². The molecule has 0 aromatic heterocycles. The Bertz CT molecular complexity index is 1130. The standard InChI is InChI=1S/C28H26ClNO/c1-3-6-21-10-9-19(15-20(21)4-2)16-24-18-27(24)22-11-13-26(14-12-22)30-28(31)23-7-5-8-25(29)17-23/h3-15,17,24,27H,2,16,18H2,1H3,(H,30,31)/b6-3-/t24-,27-/m0/s1. The van der Waals surface area contributed by atoms with Gasteiger partial charge < -0.3 is 5.32 Å². The van der Waals surface area contributed by atoms with Crippen LogP contribution < -0.4 is 5.32 Å². The molecule has 0 aliphatic heterocycles. The van der Waals surface area contributed by atoms with Crippen LogP contribution in [0.4, 0.5) is 5.69 Å². The van der Waals surface area contributed by atoms with Crippen LogP contribution in [0.15, 0.2) is 79.4 Å². The Hall–Kier alpha value is -3.10. The van der Waals surface area contributed by atoms with E-state index in [0.29, 0.717) is 22.4 Å². The van der Waals surface area contributed by atoms with E-state index in [1.54, 1.807) is 24.3 Å². The predicted molar refractivity (Wildman–Crippen MR) is 132 cm³/mol. The Kier molecular flexibility index (Phi) is 6.39. The van der Waals surface area contributed by atoms with Gasteiger partial charge in [-0.3, -0.25) is 4.79 Å². The van der Waals surface area contributed by atoms with E-state index in [0.717, 1.165) is 12.1 Å². The first-order valence-electron chi connectivity index (χ1n) is 10.6. The lowest BCUT2D eigenvalue weighted by Gasteiger charge is -2.08. The summed E-state index contributed by atoms with van der Waals surface area (Å²) in [5, 5.41) is 3.49. The number of halogens is 1. The Morgan fingerprint density at radius 3 is 2.61 bits per heavy atom. The quantitative estimate of drug-likeness (QED) is 0.412. The maximum absolute atomic E-state index is 12.4. The Balaban J connectivity index is 1.36. The van der Waals surface area contributed by atoms with Gasteiger partial charge in [0.05, 0.1) is 0 Å². The van der Waals surface area contributed by atoms with Crippen LogP contribution in [0.5, 0.6) is 0 Å². The van der Waals surface area contributed by atoms with Gasteiger partial charge in [-0.05, 0) is 84.2 Å². The SMILES string of the molecule is C=Cc1cc(C[C@H]2C[C@H]2c2ccc(NC(=O)c3cccc(Cl)c3)cc2)ccc1/C=C\C. The summed E-state index contributed by atoms with van der Waals surface area (Å²) in [7, 11) is 0. The highest BCUT2D eigenvalue weighted by Crippen LogP contribution is 2.49. The molecule has 2 atom stereocenters. The average Bonchev–Trinajstić information content (AvgIpc) is 3.54. The molecule has 0 spiro atoms. The van der Waals surface area contributed by atoms with E-state index in [2.05, 4.69) is 54.4 Å². The second-order valence-electron chi connectivity index (χ2n) is 8.06. The van der Waals surface area contributed by atoms with Gasteiger partial charge in [0.15, 0.2) is 0 Å². The van der Waals surface area contributed by atoms with E-state index in [-0.39, 0.29) is 5.91 Å². The maximum atomic E-state index is 12.4. The monoisotopic (exact) mass is 427 g/mol. The van der Waals surface area contributed by atoms with Crippen molar-refractivity contribution in [2.75, 3.05) is 5.32 Å². The normalized spacial score (nSPS) is 17.5. The summed E-state index contributed by atoms with van der Waals surface area (Å²) in [6.07, 6.45) is 8.39. The highest BCUT2D eigenvalue weighted by Gasteiger charge is 2.37. The number of hydrogen-bond acceptors (Lipinski definition) is 1. The number of allylic oxidation sites excluding steroid dienone is 1. The third kappa shape index (κ3) is 5.15. The zero-order chi connectivity index (χ0) is 21.8. The Labute approximate surface area is 189 Å². The van der Waals surface area contributed by atoms with Crippen LogP contribution in [-0.2, 0) is 6.42 Å². The molecule has 1 aliphatic carbocycles. The Morgan fingerprint density at radius 1 is 1.10 bits per heavy atom. The predicted octanol–water partition coefficient (Wildman–Crippen LogP) is 7.61. The zero-order valence-corrected chi connectivity index (χ0v) is 18.4. The van der Waals surface area contributed by atoms with Crippen LogP contribution in [0.1, 0.15) is 51.9 Å². The molecular formula is C28H26ClNO. The van der Waals surface area contributed by atoms with Gasteiger partial charge >= 0.3 is 0 Å². The van der Waals surface area contributed by atoms with Crippen LogP contribution in [0.2, 0.25) is 5.02 Å². The molecule has 1 amide bonds. The molecule has 3 heteroatoms. The van der Waals surface area contributed by atoms with Gasteiger partial charge in [0.2, 0.25) is 0 Å². The Morgan fingerprint density at radius 2 is 1.90 bits per heavy atom. The van der Waals surface area contributed by atoms with Crippen LogP contribution in [0, 0.1) is 5.92 Å². The minimum absolute atomic E-state index is 0.154. The molecule has 3 aromatic carbocycles. The molecule has 0 unspecified atom stereocenters. The first-order valence-corrected chi connectivity index (χ1v) is 11.0. The molecule has 0 saturated heterocycles. The van der Waals surface area contributed by atoms with Crippen molar-refractivity contribution in [1.29, 1.82) is 0 Å². The van der Waals surface area contributed by atoms with Crippen molar-refractivity contribution in [2.24, 2.45) is 5.92 Å². The van der Waals surface area contributed by atoms with E-state index in [1.165, 1.54) is 28.7 Å². The lowest BCUT2D eigenvalue weighted by Crippen LogP contribution is -2.11. The van der Waals surface area contributed by atoms with E-state index < -0.39 is 0 Å². The molecule has 0 bridgehead atoms. The first-order chi connectivity index (χ1) is 15.1. The molecule has 0 radical (unpaired) electrons. The van der Waals surface area contributed by atoms with E-state index >= 15 is 0 Å². The van der Waals surface area contributed by atoms with Gasteiger partial charge in [-0.1, -0.05) is 72.8 Å². The fraction of sp³-hybridized carbons (Fsp3) is 0.179. The number of hydrogen-bond donors (Lipinski definition) is 1. The molecule has 4 rings (SSSR count). The molecule has 1 aliphatic rings. The third-order valence-corrected chi connectivity index (χ3v) is 6.06. The summed E-state index contributed by atoms with van der Waals surface area (Å²) in [5.74, 6) is 1.09. The van der Waals surface area contributed by atoms with E-state index in [9.17, 15) is 4.79 Å². The highest BCUT2D eigenvalue weighted by atomic mass is 35.5. The molecule has 31 heavy (non-hydrogen) atoms. The van der Waals surface area contributed by atoms with Crippen molar-refractivity contribution in [2.45, 2.75) is 25.7 Å². The van der Waals surface area contributed by atoms with Crippen molar-refractivity contribution in [3.8, 4) is 0 Å². The summed E-state index contributed by atoms with van der Waals surface area (Å²) in [6.45, 7) is 5.99. The van der Waals surface area contributed by atoms with E-state index in [4.69, 9.17) is 11.6 Å². The van der Waals surface area contributed by atoms with Crippen molar-refractivity contribution >= 4 is 35.3 Å². The van der Waals surface area contributed by atoms with Gasteiger partial charge in [0.1, 0.15) is 0 Å². The van der Waals surface area contributed by atoms with Gasteiger partial charge in [-0.2, -0.15) is 0 Å². The number of carbonyl (C=O) groups is 1. The second kappa shape index (κ2) is 9.36. The summed E-state index contributed by atoms with van der Waals surface area (Å²) >= 11 is 5.98. The minimum Gasteiger partial charge on any atom is -0.322 e. The fourth-order valence-corrected chi connectivity index (χ4v) is 4.28. The first kappa shape index (κ1) is 21.1. The molecule has 3 aromatic rings. The molecule has 156 valence electrons. The second-order valence-corrected chi connectivity index (χ2v) is 8.50. The van der Waals surface area contributed by atoms with Crippen LogP contribution in [0.3, 0.4) is 0 Å². The number of carbonyl (C=O) groups excluding carboxylic acids is 1. The van der Waals surface area contributed by atoms with Crippen molar-refractivity contribution in [1.82, 2.24) is 0 Å². The maximum Gasteiger partial charge on any atom is 0.255 e. The summed E-state index contributed by atoms with van der Waals surface area (Å²) in [6, 6.07) is 21.8. The fourth-order valence-electron chi connectivity index (χ4n) is 4.09. The number of benzene rings is 3. The smallest absolute Gasteiger partial charge is 0.255 e. The average molecular weight is 428 g/mol. The van der Waals surface area contributed by atoms with Gasteiger partial charge in [0, 0.05) is 16.3 Å². The zero-order valence-electron chi connectivity index (χ0n) is 17.6. The van der Waals surface area contributed by atoms with Crippen molar-refractivity contribution in [3.05, 3.63) is 112 Å². The number of amides is 1. The molecular weight excluding hydrogens is 402 g/mol. The van der Waals surface area contributed by atoms with Crippen LogP contribution in [0.25, 0.3) is 12.2 Å². The molecule has 1 fully saturated rings. The summed E-state index contributed by atoms with van der Waals surface area (Å²) in [5.41, 5.74) is 6.44. The van der Waals surface area contributed by atoms with Crippen LogP contribution in [-0.4, -0.2) is 5.91 Å². The molecule has 0 heterocycles. The van der Waals surface area contributed by atoms with Gasteiger partial charge in [-0.15, -0.1) is 0 Å². The molecule has 1 N–H and O–H groups in total. The number of anilines is 1. The van der Waals surface area contributed by atoms with Crippen molar-refractivity contribution < 1.29 is 4.79 Å². The van der Waals surface area contributed by atoms with Crippen molar-refractivity contribution in [3.63, 3.8) is 0 Å². The van der Waals surface area contributed by atoms with Crippen LogP contribution >= 0.6 is 11.6 Å². The van der Waals surface area contributed by atoms with E-state index in [1.807, 2.05) is 25.1 Å². The summed E-state index contributed by atoms with van der Waals surface area (Å²) < 4.78 is 0. The number of nitrogens with one attached hydrogen (secondary N) is 1. The molecule has 2 nitrogen and oxygen atoms in total. The summed E-state index contributed by atoms with van der Waals surface area (Å²) in [4.78, 5) is 12.4. The lowest BCUT2D eigenvalue weighted by molar-refractivity contribution is 0.102. The van der Waals surface area contributed by atoms with Gasteiger partial charge in [-0.25, -0.2) is 0 Å². The largest absolute Gasteiger partial charge is 0.322 e. The highest BCUT2D eigenvalue weighted by molar-refractivity contribution is 6.31. The topological polar surface area (TPSA) is 29.1 Å². The molecule has 1 saturated carbocycles. The minimum atomic E-state index is -0.154. The third-order valence-electron chi connectivity index (χ3n) is 5.82.